The second-order valence-electron chi connectivity index (χ2n) is 4.73. The van der Waals surface area contributed by atoms with E-state index in [4.69, 9.17) is 4.74 Å². The number of pyridine rings is 1. The minimum absolute atomic E-state index is 0.0710. The van der Waals surface area contributed by atoms with Crippen molar-refractivity contribution in [3.8, 4) is 11.6 Å². The molecule has 7 heteroatoms. The standard InChI is InChI=1S/C16H16F2N2O3/c1-10(11-3-6-13(7-4-11)23-16(17)18)20-15(21)12-5-8-14(22-2)19-9-12/h3-10,16H,1-2H3,(H,20,21). The molecule has 2 aromatic rings. The molecule has 0 aliphatic carbocycles. The molecular weight excluding hydrogens is 306 g/mol. The molecule has 1 unspecified atom stereocenters. The third-order valence-electron chi connectivity index (χ3n) is 3.16. The molecule has 1 heterocycles. The predicted molar refractivity (Wildman–Crippen MR) is 79.7 cm³/mol. The Kier molecular flexibility index (Phi) is 5.46. The molecule has 1 amide bonds. The van der Waals surface area contributed by atoms with Crippen LogP contribution in [-0.2, 0) is 0 Å². The summed E-state index contributed by atoms with van der Waals surface area (Å²) in [5, 5.41) is 2.80. The summed E-state index contributed by atoms with van der Waals surface area (Å²) in [6.07, 6.45) is 1.42. The summed E-state index contributed by atoms with van der Waals surface area (Å²) >= 11 is 0. The quantitative estimate of drug-likeness (QED) is 0.887. The van der Waals surface area contributed by atoms with E-state index >= 15 is 0 Å². The first kappa shape index (κ1) is 16.7. The molecule has 1 aromatic heterocycles. The minimum Gasteiger partial charge on any atom is -0.481 e. The van der Waals surface area contributed by atoms with Crippen molar-refractivity contribution in [2.75, 3.05) is 7.11 Å². The van der Waals surface area contributed by atoms with Gasteiger partial charge in [0.15, 0.2) is 0 Å². The van der Waals surface area contributed by atoms with Gasteiger partial charge in [0.2, 0.25) is 5.88 Å². The Morgan fingerprint density at radius 2 is 1.87 bits per heavy atom. The van der Waals surface area contributed by atoms with E-state index in [0.29, 0.717) is 11.4 Å². The number of aromatic nitrogens is 1. The molecule has 1 atom stereocenters. The Hall–Kier alpha value is -2.70. The van der Waals surface area contributed by atoms with E-state index in [1.54, 1.807) is 31.2 Å². The van der Waals surface area contributed by atoms with Gasteiger partial charge in [-0.05, 0) is 30.7 Å². The Labute approximate surface area is 132 Å². The molecule has 0 bridgehead atoms. The predicted octanol–water partition coefficient (Wildman–Crippen LogP) is 3.18. The number of alkyl halides is 2. The number of hydrogen-bond donors (Lipinski definition) is 1. The SMILES string of the molecule is COc1ccc(C(=O)NC(C)c2ccc(OC(F)F)cc2)cn1. The molecular formula is C16H16F2N2O3. The lowest BCUT2D eigenvalue weighted by atomic mass is 10.1. The van der Waals surface area contributed by atoms with Gasteiger partial charge in [0.1, 0.15) is 5.75 Å². The number of rotatable bonds is 6. The Balaban J connectivity index is 1.99. The highest BCUT2D eigenvalue weighted by Crippen LogP contribution is 2.19. The van der Waals surface area contributed by atoms with E-state index in [2.05, 4.69) is 15.0 Å². The van der Waals surface area contributed by atoms with Crippen LogP contribution < -0.4 is 14.8 Å². The van der Waals surface area contributed by atoms with E-state index in [9.17, 15) is 13.6 Å². The molecule has 23 heavy (non-hydrogen) atoms. The normalized spacial score (nSPS) is 11.9. The third kappa shape index (κ3) is 4.64. The van der Waals surface area contributed by atoms with Gasteiger partial charge in [-0.1, -0.05) is 12.1 Å². The maximum atomic E-state index is 12.1. The van der Waals surface area contributed by atoms with E-state index in [1.807, 2.05) is 0 Å². The van der Waals surface area contributed by atoms with Gasteiger partial charge in [-0.2, -0.15) is 8.78 Å². The number of amides is 1. The van der Waals surface area contributed by atoms with Gasteiger partial charge in [0.05, 0.1) is 18.7 Å². The second-order valence-corrected chi connectivity index (χ2v) is 4.73. The van der Waals surface area contributed by atoms with Crippen molar-refractivity contribution in [1.29, 1.82) is 0 Å². The van der Waals surface area contributed by atoms with Crippen molar-refractivity contribution in [3.63, 3.8) is 0 Å². The Bertz CT molecular complexity index is 645. The lowest BCUT2D eigenvalue weighted by molar-refractivity contribution is -0.0498. The average Bonchev–Trinajstić information content (AvgIpc) is 2.55. The van der Waals surface area contributed by atoms with Crippen LogP contribution >= 0.6 is 0 Å². The number of benzene rings is 1. The highest BCUT2D eigenvalue weighted by Gasteiger charge is 2.12. The number of ether oxygens (including phenoxy) is 2. The number of halogens is 2. The number of carbonyl (C=O) groups is 1. The molecule has 1 aromatic carbocycles. The largest absolute Gasteiger partial charge is 0.481 e. The van der Waals surface area contributed by atoms with Gasteiger partial charge >= 0.3 is 6.61 Å². The highest BCUT2D eigenvalue weighted by molar-refractivity contribution is 5.94. The van der Waals surface area contributed by atoms with Gasteiger partial charge in [-0.15, -0.1) is 0 Å². The zero-order valence-electron chi connectivity index (χ0n) is 12.6. The molecule has 0 saturated heterocycles. The Morgan fingerprint density at radius 3 is 2.39 bits per heavy atom. The summed E-state index contributed by atoms with van der Waals surface area (Å²) in [7, 11) is 1.49. The molecule has 0 aliphatic heterocycles. The van der Waals surface area contributed by atoms with Crippen LogP contribution in [0.25, 0.3) is 0 Å². The van der Waals surface area contributed by atoms with Crippen molar-refractivity contribution in [3.05, 3.63) is 53.7 Å². The van der Waals surface area contributed by atoms with Crippen LogP contribution in [0.1, 0.15) is 28.9 Å². The molecule has 1 N–H and O–H groups in total. The van der Waals surface area contributed by atoms with Crippen molar-refractivity contribution < 1.29 is 23.0 Å². The first-order valence-corrected chi connectivity index (χ1v) is 6.85. The van der Waals surface area contributed by atoms with E-state index in [1.165, 1.54) is 25.4 Å². The minimum atomic E-state index is -2.86. The summed E-state index contributed by atoms with van der Waals surface area (Å²) < 4.78 is 33.4. The van der Waals surface area contributed by atoms with Gasteiger partial charge in [0, 0.05) is 12.3 Å². The van der Waals surface area contributed by atoms with E-state index < -0.39 is 6.61 Å². The molecule has 0 radical (unpaired) electrons. The first-order valence-electron chi connectivity index (χ1n) is 6.85. The van der Waals surface area contributed by atoms with Crippen molar-refractivity contribution in [1.82, 2.24) is 10.3 Å². The molecule has 0 saturated carbocycles. The fourth-order valence-electron chi connectivity index (χ4n) is 1.94. The van der Waals surface area contributed by atoms with Crippen molar-refractivity contribution in [2.24, 2.45) is 0 Å². The monoisotopic (exact) mass is 322 g/mol. The molecule has 0 aliphatic rings. The van der Waals surface area contributed by atoms with Crippen molar-refractivity contribution in [2.45, 2.75) is 19.6 Å². The van der Waals surface area contributed by atoms with Crippen LogP contribution in [0, 0.1) is 0 Å². The van der Waals surface area contributed by atoms with Crippen LogP contribution in [0.3, 0.4) is 0 Å². The summed E-state index contributed by atoms with van der Waals surface area (Å²) in [5.74, 6) is 0.200. The number of methoxy groups -OCH3 is 1. The lowest BCUT2D eigenvalue weighted by Crippen LogP contribution is -2.26. The van der Waals surface area contributed by atoms with Crippen molar-refractivity contribution >= 4 is 5.91 Å². The van der Waals surface area contributed by atoms with E-state index in [0.717, 1.165) is 5.56 Å². The smallest absolute Gasteiger partial charge is 0.387 e. The fraction of sp³-hybridized carbons (Fsp3) is 0.250. The van der Waals surface area contributed by atoms with Gasteiger partial charge in [-0.3, -0.25) is 4.79 Å². The van der Waals surface area contributed by atoms with Crippen LogP contribution in [-0.4, -0.2) is 24.6 Å². The average molecular weight is 322 g/mol. The van der Waals surface area contributed by atoms with E-state index in [-0.39, 0.29) is 17.7 Å². The summed E-state index contributed by atoms with van der Waals surface area (Å²) in [6, 6.07) is 9.00. The van der Waals surface area contributed by atoms with Crippen LogP contribution in [0.15, 0.2) is 42.6 Å². The third-order valence-corrected chi connectivity index (χ3v) is 3.16. The van der Waals surface area contributed by atoms with Crippen LogP contribution in [0.2, 0.25) is 0 Å². The molecule has 0 spiro atoms. The summed E-state index contributed by atoms with van der Waals surface area (Å²) in [5.41, 5.74) is 1.16. The number of hydrogen-bond acceptors (Lipinski definition) is 4. The maximum absolute atomic E-state index is 12.1. The first-order chi connectivity index (χ1) is 11.0. The Morgan fingerprint density at radius 1 is 1.17 bits per heavy atom. The molecule has 0 fully saturated rings. The number of carbonyl (C=O) groups excluding carboxylic acids is 1. The van der Waals surface area contributed by atoms with Gasteiger partial charge in [0.25, 0.3) is 5.91 Å². The molecule has 2 rings (SSSR count). The maximum Gasteiger partial charge on any atom is 0.387 e. The molecule has 5 nitrogen and oxygen atoms in total. The fourth-order valence-corrected chi connectivity index (χ4v) is 1.94. The summed E-state index contributed by atoms with van der Waals surface area (Å²) in [6.45, 7) is -1.07. The van der Waals surface area contributed by atoms with Crippen LogP contribution in [0.5, 0.6) is 11.6 Å². The molecule has 122 valence electrons. The second kappa shape index (κ2) is 7.53. The lowest BCUT2D eigenvalue weighted by Gasteiger charge is -2.15. The summed E-state index contributed by atoms with van der Waals surface area (Å²) in [4.78, 5) is 16.1. The zero-order valence-corrected chi connectivity index (χ0v) is 12.6. The zero-order chi connectivity index (χ0) is 16.8. The number of nitrogens with one attached hydrogen (secondary N) is 1. The van der Waals surface area contributed by atoms with Gasteiger partial charge < -0.3 is 14.8 Å². The number of nitrogens with zero attached hydrogens (tertiary/aromatic N) is 1. The highest BCUT2D eigenvalue weighted by atomic mass is 19.3. The van der Waals surface area contributed by atoms with Crippen LogP contribution in [0.4, 0.5) is 8.78 Å². The topological polar surface area (TPSA) is 60.5 Å². The van der Waals surface area contributed by atoms with Gasteiger partial charge in [-0.25, -0.2) is 4.98 Å².